The van der Waals surface area contributed by atoms with E-state index < -0.39 is 0 Å². The number of rotatable bonds is 4. The van der Waals surface area contributed by atoms with Crippen molar-refractivity contribution in [3.05, 3.63) is 65.2 Å². The summed E-state index contributed by atoms with van der Waals surface area (Å²) >= 11 is 6.10. The molecule has 0 bridgehead atoms. The van der Waals surface area contributed by atoms with Gasteiger partial charge in [0, 0.05) is 23.7 Å². The number of ether oxygens (including phenoxy) is 1. The summed E-state index contributed by atoms with van der Waals surface area (Å²) in [6, 6.07) is 17.7. The van der Waals surface area contributed by atoms with Crippen LogP contribution >= 0.6 is 11.6 Å². The summed E-state index contributed by atoms with van der Waals surface area (Å²) < 4.78 is 7.26. The third kappa shape index (κ3) is 3.58. The highest BCUT2D eigenvalue weighted by Crippen LogP contribution is 2.33. The molecule has 7 nitrogen and oxygen atoms in total. The number of hydrogen-bond donors (Lipinski definition) is 1. The quantitative estimate of drug-likeness (QED) is 0.543. The smallest absolute Gasteiger partial charge is 0.228 e. The van der Waals surface area contributed by atoms with E-state index in [1.165, 1.54) is 0 Å². The van der Waals surface area contributed by atoms with Crippen molar-refractivity contribution in [1.82, 2.24) is 19.7 Å². The topological polar surface area (TPSA) is 82.1 Å². The lowest BCUT2D eigenvalue weighted by molar-refractivity contribution is 0.122. The Balaban J connectivity index is 1.66. The predicted molar refractivity (Wildman–Crippen MR) is 119 cm³/mol. The molecule has 152 valence electrons. The molecular formula is C22H21ClN6O. The molecule has 4 aromatic rings. The molecule has 0 radical (unpaired) electrons. The van der Waals surface area contributed by atoms with Gasteiger partial charge < -0.3 is 15.4 Å². The Morgan fingerprint density at radius 3 is 2.43 bits per heavy atom. The second-order valence-corrected chi connectivity index (χ2v) is 7.64. The number of nitrogen functional groups attached to an aromatic ring is 1. The number of halogens is 1. The van der Waals surface area contributed by atoms with Crippen molar-refractivity contribution in [2.45, 2.75) is 6.54 Å². The van der Waals surface area contributed by atoms with Crippen LogP contribution in [-0.4, -0.2) is 46.1 Å². The van der Waals surface area contributed by atoms with Gasteiger partial charge in [0.15, 0.2) is 5.65 Å². The van der Waals surface area contributed by atoms with Crippen LogP contribution in [0, 0.1) is 0 Å². The number of fused-ring (bicyclic) bond motifs is 1. The van der Waals surface area contributed by atoms with Gasteiger partial charge in [-0.25, -0.2) is 9.67 Å². The first kappa shape index (κ1) is 18.8. The third-order valence-electron chi connectivity index (χ3n) is 5.21. The molecule has 1 aliphatic heterocycles. The van der Waals surface area contributed by atoms with E-state index in [0.29, 0.717) is 42.2 Å². The fraction of sp³-hybridized carbons (Fsp3) is 0.227. The molecule has 3 heterocycles. The first-order valence-electron chi connectivity index (χ1n) is 9.85. The largest absolute Gasteiger partial charge is 0.383 e. The Morgan fingerprint density at radius 2 is 1.70 bits per heavy atom. The zero-order chi connectivity index (χ0) is 20.5. The average Bonchev–Trinajstić information content (AvgIpc) is 3.10. The fourth-order valence-corrected chi connectivity index (χ4v) is 3.77. The molecule has 1 saturated heterocycles. The zero-order valence-electron chi connectivity index (χ0n) is 16.3. The van der Waals surface area contributed by atoms with E-state index >= 15 is 0 Å². The van der Waals surface area contributed by atoms with Crippen LogP contribution in [0.25, 0.3) is 22.3 Å². The zero-order valence-corrected chi connectivity index (χ0v) is 17.1. The number of aromatic nitrogens is 4. The summed E-state index contributed by atoms with van der Waals surface area (Å²) in [5, 5.41) is 6.15. The molecule has 0 amide bonds. The highest BCUT2D eigenvalue weighted by Gasteiger charge is 2.22. The minimum atomic E-state index is 0.548. The van der Waals surface area contributed by atoms with E-state index in [-0.39, 0.29) is 0 Å². The number of anilines is 2. The molecule has 30 heavy (non-hydrogen) atoms. The Labute approximate surface area is 179 Å². The summed E-state index contributed by atoms with van der Waals surface area (Å²) in [5.41, 5.74) is 9.93. The minimum absolute atomic E-state index is 0.548. The van der Waals surface area contributed by atoms with Crippen molar-refractivity contribution in [3.8, 4) is 11.3 Å². The standard InChI is InChI=1S/C22H21ClN6O/c23-17-8-6-16(7-9-17)19-18-20(24)29(14-15-4-2-1-3-5-15)27-21(18)26-22(25-19)28-10-12-30-13-11-28/h1-9H,10-14,24H2. The van der Waals surface area contributed by atoms with Crippen LogP contribution in [0.15, 0.2) is 54.6 Å². The maximum Gasteiger partial charge on any atom is 0.228 e. The van der Waals surface area contributed by atoms with Crippen LogP contribution < -0.4 is 10.6 Å². The van der Waals surface area contributed by atoms with Gasteiger partial charge in [-0.1, -0.05) is 54.1 Å². The molecule has 0 saturated carbocycles. The van der Waals surface area contributed by atoms with Crippen molar-refractivity contribution in [2.24, 2.45) is 0 Å². The summed E-state index contributed by atoms with van der Waals surface area (Å²) in [6.45, 7) is 3.36. The number of nitrogens with two attached hydrogens (primary N) is 1. The molecule has 2 aromatic carbocycles. The van der Waals surface area contributed by atoms with E-state index in [0.717, 1.165) is 35.3 Å². The Hall–Kier alpha value is -3.16. The monoisotopic (exact) mass is 420 g/mol. The molecule has 8 heteroatoms. The number of morpholine rings is 1. The Bertz CT molecular complexity index is 1170. The van der Waals surface area contributed by atoms with Crippen LogP contribution in [0.1, 0.15) is 5.56 Å². The summed E-state index contributed by atoms with van der Waals surface area (Å²) in [6.07, 6.45) is 0. The molecule has 2 aromatic heterocycles. The number of hydrogen-bond acceptors (Lipinski definition) is 6. The maximum atomic E-state index is 6.54. The first-order valence-corrected chi connectivity index (χ1v) is 10.2. The minimum Gasteiger partial charge on any atom is -0.383 e. The van der Waals surface area contributed by atoms with Crippen LogP contribution in [-0.2, 0) is 11.3 Å². The van der Waals surface area contributed by atoms with Crippen LogP contribution in [0.3, 0.4) is 0 Å². The summed E-state index contributed by atoms with van der Waals surface area (Å²) in [5.74, 6) is 1.19. The highest BCUT2D eigenvalue weighted by atomic mass is 35.5. The summed E-state index contributed by atoms with van der Waals surface area (Å²) in [4.78, 5) is 11.8. The lowest BCUT2D eigenvalue weighted by atomic mass is 10.1. The molecule has 0 unspecified atom stereocenters. The van der Waals surface area contributed by atoms with E-state index in [4.69, 9.17) is 37.1 Å². The lowest BCUT2D eigenvalue weighted by Crippen LogP contribution is -2.37. The molecule has 0 spiro atoms. The third-order valence-corrected chi connectivity index (χ3v) is 5.47. The Morgan fingerprint density at radius 1 is 0.967 bits per heavy atom. The van der Waals surface area contributed by atoms with Crippen molar-refractivity contribution in [3.63, 3.8) is 0 Å². The maximum absolute atomic E-state index is 6.54. The SMILES string of the molecule is Nc1c2c(-c3ccc(Cl)cc3)nc(N3CCOCC3)nc2nn1Cc1ccccc1. The van der Waals surface area contributed by atoms with Crippen LogP contribution in [0.4, 0.5) is 11.8 Å². The summed E-state index contributed by atoms with van der Waals surface area (Å²) in [7, 11) is 0. The number of nitrogens with zero attached hydrogens (tertiary/aromatic N) is 5. The van der Waals surface area contributed by atoms with Crippen LogP contribution in [0.2, 0.25) is 5.02 Å². The molecule has 1 fully saturated rings. The van der Waals surface area contributed by atoms with Gasteiger partial charge in [-0.05, 0) is 17.7 Å². The molecule has 5 rings (SSSR count). The average molecular weight is 421 g/mol. The second-order valence-electron chi connectivity index (χ2n) is 7.21. The van der Waals surface area contributed by atoms with Gasteiger partial charge in [-0.3, -0.25) is 0 Å². The highest BCUT2D eigenvalue weighted by molar-refractivity contribution is 6.30. The van der Waals surface area contributed by atoms with Crippen molar-refractivity contribution < 1.29 is 4.74 Å². The molecule has 0 atom stereocenters. The Kier molecular flexibility index (Phi) is 4.98. The van der Waals surface area contributed by atoms with E-state index in [9.17, 15) is 0 Å². The molecule has 2 N–H and O–H groups in total. The van der Waals surface area contributed by atoms with Gasteiger partial charge in [-0.2, -0.15) is 4.98 Å². The van der Waals surface area contributed by atoms with Crippen molar-refractivity contribution in [1.29, 1.82) is 0 Å². The van der Waals surface area contributed by atoms with E-state index in [1.807, 2.05) is 42.5 Å². The van der Waals surface area contributed by atoms with Gasteiger partial charge in [-0.15, -0.1) is 5.10 Å². The van der Waals surface area contributed by atoms with Crippen LogP contribution in [0.5, 0.6) is 0 Å². The van der Waals surface area contributed by atoms with E-state index in [1.54, 1.807) is 4.68 Å². The molecule has 1 aliphatic rings. The first-order chi connectivity index (χ1) is 14.7. The van der Waals surface area contributed by atoms with Gasteiger partial charge in [0.1, 0.15) is 5.82 Å². The van der Waals surface area contributed by atoms with E-state index in [2.05, 4.69) is 17.0 Å². The predicted octanol–water partition coefficient (Wildman–Crippen LogP) is 3.61. The van der Waals surface area contributed by atoms with Gasteiger partial charge in [0.25, 0.3) is 0 Å². The van der Waals surface area contributed by atoms with Gasteiger partial charge >= 0.3 is 0 Å². The van der Waals surface area contributed by atoms with Crippen molar-refractivity contribution in [2.75, 3.05) is 36.9 Å². The molecular weight excluding hydrogens is 400 g/mol. The number of benzene rings is 2. The second kappa shape index (κ2) is 7.93. The van der Waals surface area contributed by atoms with Crippen molar-refractivity contribution >= 4 is 34.4 Å². The fourth-order valence-electron chi connectivity index (χ4n) is 3.64. The van der Waals surface area contributed by atoms with Gasteiger partial charge in [0.2, 0.25) is 5.95 Å². The normalized spacial score (nSPS) is 14.4. The molecule has 0 aliphatic carbocycles. The lowest BCUT2D eigenvalue weighted by Gasteiger charge is -2.27. The van der Waals surface area contributed by atoms with Gasteiger partial charge in [0.05, 0.1) is 30.8 Å².